The van der Waals surface area contributed by atoms with E-state index in [0.717, 1.165) is 82.5 Å². The van der Waals surface area contributed by atoms with Gasteiger partial charge in [0.05, 0.1) is 36.4 Å². The number of ether oxygens (including phenoxy) is 3. The summed E-state index contributed by atoms with van der Waals surface area (Å²) in [6, 6.07) is 8.05. The summed E-state index contributed by atoms with van der Waals surface area (Å²) in [4.78, 5) is 53.3. The van der Waals surface area contributed by atoms with E-state index in [1.807, 2.05) is 4.90 Å². The minimum Gasteiger partial charge on any atom is -0.494 e. The molecule has 0 amide bonds. The average Bonchev–Trinajstić information content (AvgIpc) is 3.16. The van der Waals surface area contributed by atoms with Crippen molar-refractivity contribution in [1.82, 2.24) is 29.3 Å². The number of aromatic nitrogens is 4. The molecule has 4 aliphatic heterocycles. The summed E-state index contributed by atoms with van der Waals surface area (Å²) >= 11 is 1.75. The fraction of sp³-hybridized carbons (Fsp3) is 0.538. The van der Waals surface area contributed by atoms with Crippen LogP contribution in [0.3, 0.4) is 0 Å². The van der Waals surface area contributed by atoms with Crippen LogP contribution < -0.4 is 31.2 Å². The molecule has 2 aromatic carbocycles. The topological polar surface area (TPSA) is 138 Å². The molecule has 0 aliphatic carbocycles. The number of H-pyrrole nitrogens is 2. The van der Waals surface area contributed by atoms with E-state index in [4.69, 9.17) is 14.2 Å². The van der Waals surface area contributed by atoms with E-state index in [1.165, 1.54) is 31.5 Å². The van der Waals surface area contributed by atoms with Crippen LogP contribution in [0.2, 0.25) is 0 Å². The van der Waals surface area contributed by atoms with Crippen molar-refractivity contribution in [2.24, 2.45) is 5.92 Å². The number of nitrogens with one attached hydrogen (secondary N) is 2. The zero-order valence-corrected chi connectivity index (χ0v) is 31.8. The fourth-order valence-electron chi connectivity index (χ4n) is 8.36. The van der Waals surface area contributed by atoms with Crippen molar-refractivity contribution in [3.05, 3.63) is 85.2 Å². The lowest BCUT2D eigenvalue weighted by atomic mass is 9.92. The first-order valence-corrected chi connectivity index (χ1v) is 20.2. The largest absolute Gasteiger partial charge is 0.494 e. The number of aromatic amines is 2. The molecule has 0 atom stereocenters. The molecule has 4 aromatic rings. The molecular formula is C39H47F2N7O6S. The zero-order chi connectivity index (χ0) is 38.1. The highest BCUT2D eigenvalue weighted by atomic mass is 32.2. The van der Waals surface area contributed by atoms with Gasteiger partial charge >= 0.3 is 5.69 Å². The van der Waals surface area contributed by atoms with Crippen molar-refractivity contribution in [2.75, 3.05) is 71.1 Å². The number of rotatable bonds is 11. The Kier molecular flexibility index (Phi) is 11.3. The van der Waals surface area contributed by atoms with Crippen molar-refractivity contribution < 1.29 is 23.0 Å². The summed E-state index contributed by atoms with van der Waals surface area (Å²) in [6.07, 6.45) is 7.10. The van der Waals surface area contributed by atoms with Crippen molar-refractivity contribution in [3.63, 3.8) is 0 Å². The van der Waals surface area contributed by atoms with Gasteiger partial charge in [0.2, 0.25) is 0 Å². The van der Waals surface area contributed by atoms with Gasteiger partial charge in [0.25, 0.3) is 11.1 Å². The van der Waals surface area contributed by atoms with Crippen molar-refractivity contribution in [3.8, 4) is 17.2 Å². The predicted molar refractivity (Wildman–Crippen MR) is 207 cm³/mol. The summed E-state index contributed by atoms with van der Waals surface area (Å²) in [5.41, 5.74) is -0.671. The van der Waals surface area contributed by atoms with Crippen LogP contribution in [-0.4, -0.2) is 113 Å². The fourth-order valence-corrected chi connectivity index (χ4v) is 9.42. The summed E-state index contributed by atoms with van der Waals surface area (Å²) in [6.45, 7) is 7.43. The standard InChI is InChI=1S/C39H47F2N7O6S/c1-52-34-19-32(29(40)18-33(34)48-13-6-36(49)44-39(48)51)46-11-4-25(5-12-46)47-20-26(21-47)45-9-2-24(3-10-45)22-54-27-16-30(41)37-31(17-27)42-35(43-38(37)50)23-55-28-7-14-53-15-8-28/h6,13,16-19,24-26,28H,2-5,7-12,14-15,20-23H2,1H3,(H,42,43,50)(H,44,49,51). The third-order valence-electron chi connectivity index (χ3n) is 11.6. The molecule has 6 heterocycles. The van der Waals surface area contributed by atoms with Crippen LogP contribution in [0.1, 0.15) is 44.3 Å². The molecule has 2 N–H and O–H groups in total. The van der Waals surface area contributed by atoms with Gasteiger partial charge in [-0.15, -0.1) is 0 Å². The number of halogens is 2. The predicted octanol–water partition coefficient (Wildman–Crippen LogP) is 3.91. The van der Waals surface area contributed by atoms with Gasteiger partial charge in [0.1, 0.15) is 34.3 Å². The van der Waals surface area contributed by atoms with Crippen molar-refractivity contribution in [1.29, 1.82) is 0 Å². The van der Waals surface area contributed by atoms with Crippen LogP contribution >= 0.6 is 11.8 Å². The Labute approximate surface area is 321 Å². The minimum atomic E-state index is -0.664. The number of anilines is 1. The molecular weight excluding hydrogens is 733 g/mol. The summed E-state index contributed by atoms with van der Waals surface area (Å²) in [7, 11) is 1.47. The molecule has 0 spiro atoms. The Balaban J connectivity index is 0.788. The van der Waals surface area contributed by atoms with Gasteiger partial charge in [-0.2, -0.15) is 11.8 Å². The number of likely N-dealkylation sites (tertiary alicyclic amines) is 2. The van der Waals surface area contributed by atoms with Gasteiger partial charge in [-0.1, -0.05) is 0 Å². The number of methoxy groups -OCH3 is 1. The second kappa shape index (κ2) is 16.5. The summed E-state index contributed by atoms with van der Waals surface area (Å²) in [5, 5.41) is 0.425. The Morgan fingerprint density at radius 1 is 0.873 bits per heavy atom. The molecule has 294 valence electrons. The molecule has 4 aliphatic rings. The first kappa shape index (κ1) is 37.7. The second-order valence-electron chi connectivity index (χ2n) is 15.0. The van der Waals surface area contributed by atoms with Crippen LogP contribution in [-0.2, 0) is 10.5 Å². The number of nitrogens with zero attached hydrogens (tertiary/aromatic N) is 5. The normalized spacial score (nSPS) is 19.9. The van der Waals surface area contributed by atoms with E-state index in [0.29, 0.717) is 77.2 Å². The van der Waals surface area contributed by atoms with Crippen LogP contribution in [0.4, 0.5) is 14.5 Å². The Morgan fingerprint density at radius 3 is 2.36 bits per heavy atom. The number of hydrogen-bond donors (Lipinski definition) is 2. The number of thioether (sulfide) groups is 1. The van der Waals surface area contributed by atoms with Gasteiger partial charge in [-0.05, 0) is 57.5 Å². The van der Waals surface area contributed by atoms with Crippen LogP contribution in [0.5, 0.6) is 11.5 Å². The minimum absolute atomic E-state index is 0.0370. The zero-order valence-electron chi connectivity index (χ0n) is 30.9. The molecule has 0 unspecified atom stereocenters. The molecule has 4 fully saturated rings. The Bertz CT molecular complexity index is 2170. The summed E-state index contributed by atoms with van der Waals surface area (Å²) in [5.74, 6) is 1.13. The van der Waals surface area contributed by atoms with E-state index < -0.39 is 28.4 Å². The number of fused-ring (bicyclic) bond motifs is 1. The molecule has 55 heavy (non-hydrogen) atoms. The monoisotopic (exact) mass is 779 g/mol. The van der Waals surface area contributed by atoms with Gasteiger partial charge in [-0.25, -0.2) is 18.6 Å². The summed E-state index contributed by atoms with van der Waals surface area (Å²) < 4.78 is 48.7. The van der Waals surface area contributed by atoms with Gasteiger partial charge in [-0.3, -0.25) is 28.9 Å². The number of hydrogen-bond acceptors (Lipinski definition) is 11. The smallest absolute Gasteiger partial charge is 0.333 e. The second-order valence-corrected chi connectivity index (χ2v) is 16.3. The van der Waals surface area contributed by atoms with Gasteiger partial charge in [0.15, 0.2) is 0 Å². The van der Waals surface area contributed by atoms with Gasteiger partial charge in [0, 0.05) is 93.3 Å². The SMILES string of the molecule is COc1cc(N2CCC(N3CC(N4CCC(COc5cc(F)c6c(=O)[nH]c(CSC7CCOCC7)nc6c5)CC4)C3)CC2)c(F)cc1-n1ccc(=O)[nH]c1=O. The third-order valence-corrected chi connectivity index (χ3v) is 13.0. The maximum Gasteiger partial charge on any atom is 0.333 e. The van der Waals surface area contributed by atoms with E-state index >= 15 is 8.78 Å². The van der Waals surface area contributed by atoms with E-state index in [-0.39, 0.29) is 11.1 Å². The molecule has 0 saturated carbocycles. The van der Waals surface area contributed by atoms with Gasteiger partial charge < -0.3 is 24.1 Å². The first-order valence-electron chi connectivity index (χ1n) is 19.2. The maximum absolute atomic E-state index is 15.4. The Hall–Kier alpha value is -4.25. The quantitative estimate of drug-likeness (QED) is 0.229. The maximum atomic E-state index is 15.4. The van der Waals surface area contributed by atoms with Crippen LogP contribution in [0.15, 0.2) is 50.9 Å². The highest BCUT2D eigenvalue weighted by Crippen LogP contribution is 2.35. The third kappa shape index (κ3) is 8.32. The van der Waals surface area contributed by atoms with Crippen molar-refractivity contribution in [2.45, 2.75) is 61.6 Å². The lowest BCUT2D eigenvalue weighted by Gasteiger charge is -2.52. The molecule has 4 saturated heterocycles. The Morgan fingerprint density at radius 2 is 1.64 bits per heavy atom. The van der Waals surface area contributed by atoms with Crippen LogP contribution in [0.25, 0.3) is 16.6 Å². The molecule has 0 bridgehead atoms. The molecule has 13 nitrogen and oxygen atoms in total. The van der Waals surface area contributed by atoms with E-state index in [9.17, 15) is 14.4 Å². The van der Waals surface area contributed by atoms with E-state index in [1.54, 1.807) is 23.9 Å². The molecule has 16 heteroatoms. The molecule has 0 radical (unpaired) electrons. The van der Waals surface area contributed by atoms with E-state index in [2.05, 4.69) is 24.8 Å². The first-order chi connectivity index (χ1) is 26.7. The lowest BCUT2D eigenvalue weighted by Crippen LogP contribution is -2.64. The van der Waals surface area contributed by atoms with Crippen molar-refractivity contribution >= 4 is 28.4 Å². The average molecular weight is 780 g/mol. The molecule has 8 rings (SSSR count). The van der Waals surface area contributed by atoms with Crippen LogP contribution in [0, 0.1) is 17.6 Å². The number of benzene rings is 2. The highest BCUT2D eigenvalue weighted by Gasteiger charge is 2.38. The highest BCUT2D eigenvalue weighted by molar-refractivity contribution is 7.99. The number of piperidine rings is 2. The molecule has 2 aromatic heterocycles. The lowest BCUT2D eigenvalue weighted by molar-refractivity contribution is -0.0181.